The SMILES string of the molecule is O=[N+]([O-])c1ccc(Cl)c(-c2nnc(-c3cccc(Cl)c3)o2)c1. The quantitative estimate of drug-likeness (QED) is 0.515. The highest BCUT2D eigenvalue weighted by molar-refractivity contribution is 6.33. The lowest BCUT2D eigenvalue weighted by Crippen LogP contribution is -1.89. The summed E-state index contributed by atoms with van der Waals surface area (Å²) in [5.74, 6) is 0.351. The maximum Gasteiger partial charge on any atom is 0.270 e. The third-order valence-electron chi connectivity index (χ3n) is 2.89. The fourth-order valence-corrected chi connectivity index (χ4v) is 2.25. The molecule has 0 radical (unpaired) electrons. The number of benzene rings is 2. The molecule has 0 bridgehead atoms. The van der Waals surface area contributed by atoms with Crippen LogP contribution in [0.4, 0.5) is 5.69 Å². The Hall–Kier alpha value is -2.44. The smallest absolute Gasteiger partial charge is 0.270 e. The highest BCUT2D eigenvalue weighted by Gasteiger charge is 2.17. The van der Waals surface area contributed by atoms with Crippen LogP contribution in [-0.4, -0.2) is 15.1 Å². The molecule has 6 nitrogen and oxygen atoms in total. The lowest BCUT2D eigenvalue weighted by molar-refractivity contribution is -0.384. The van der Waals surface area contributed by atoms with Gasteiger partial charge in [0.2, 0.25) is 11.8 Å². The second-order valence-corrected chi connectivity index (χ2v) is 5.19. The molecule has 0 aliphatic carbocycles. The van der Waals surface area contributed by atoms with E-state index in [4.69, 9.17) is 27.6 Å². The average Bonchev–Trinajstić information content (AvgIpc) is 2.97. The van der Waals surface area contributed by atoms with Crippen LogP contribution in [0.15, 0.2) is 46.9 Å². The van der Waals surface area contributed by atoms with E-state index in [-0.39, 0.29) is 22.5 Å². The van der Waals surface area contributed by atoms with E-state index in [9.17, 15) is 10.1 Å². The van der Waals surface area contributed by atoms with Crippen LogP contribution in [0.3, 0.4) is 0 Å². The second-order valence-electron chi connectivity index (χ2n) is 4.34. The van der Waals surface area contributed by atoms with Crippen LogP contribution in [0, 0.1) is 10.1 Å². The van der Waals surface area contributed by atoms with Gasteiger partial charge in [0.25, 0.3) is 5.69 Å². The van der Waals surface area contributed by atoms with Gasteiger partial charge >= 0.3 is 0 Å². The molecule has 0 aliphatic heterocycles. The van der Waals surface area contributed by atoms with Crippen molar-refractivity contribution in [1.82, 2.24) is 10.2 Å². The molecular formula is C14H7Cl2N3O3. The van der Waals surface area contributed by atoms with Gasteiger partial charge in [0.15, 0.2) is 0 Å². The van der Waals surface area contributed by atoms with E-state index >= 15 is 0 Å². The summed E-state index contributed by atoms with van der Waals surface area (Å²) in [7, 11) is 0. The number of nitro benzene ring substituents is 1. The van der Waals surface area contributed by atoms with Crippen molar-refractivity contribution in [2.24, 2.45) is 0 Å². The van der Waals surface area contributed by atoms with Crippen LogP contribution in [0.5, 0.6) is 0 Å². The van der Waals surface area contributed by atoms with Crippen molar-refractivity contribution in [3.05, 3.63) is 62.6 Å². The molecule has 22 heavy (non-hydrogen) atoms. The molecule has 8 heteroatoms. The first-order valence-electron chi connectivity index (χ1n) is 6.08. The van der Waals surface area contributed by atoms with Crippen LogP contribution >= 0.6 is 23.2 Å². The number of nitro groups is 1. The molecular weight excluding hydrogens is 329 g/mol. The normalized spacial score (nSPS) is 10.6. The van der Waals surface area contributed by atoms with Gasteiger partial charge in [-0.15, -0.1) is 10.2 Å². The molecule has 0 unspecified atom stereocenters. The van der Waals surface area contributed by atoms with E-state index < -0.39 is 4.92 Å². The molecule has 2 aromatic carbocycles. The van der Waals surface area contributed by atoms with Gasteiger partial charge in [0.05, 0.1) is 15.5 Å². The van der Waals surface area contributed by atoms with Crippen LogP contribution in [0.25, 0.3) is 22.9 Å². The summed E-state index contributed by atoms with van der Waals surface area (Å²) in [6, 6.07) is 10.9. The van der Waals surface area contributed by atoms with Gasteiger partial charge in [0.1, 0.15) is 0 Å². The zero-order valence-corrected chi connectivity index (χ0v) is 12.4. The third kappa shape index (κ3) is 2.79. The molecule has 3 aromatic rings. The van der Waals surface area contributed by atoms with Crippen molar-refractivity contribution in [3.63, 3.8) is 0 Å². The fraction of sp³-hybridized carbons (Fsp3) is 0. The van der Waals surface area contributed by atoms with E-state index in [2.05, 4.69) is 10.2 Å². The first kappa shape index (κ1) is 14.5. The Morgan fingerprint density at radius 2 is 1.82 bits per heavy atom. The molecule has 0 aliphatic rings. The summed E-state index contributed by atoms with van der Waals surface area (Å²) in [5, 5.41) is 19.5. The van der Waals surface area contributed by atoms with Crippen molar-refractivity contribution in [3.8, 4) is 22.9 Å². The maximum atomic E-state index is 10.8. The Kier molecular flexibility index (Phi) is 3.79. The molecule has 1 heterocycles. The number of non-ortho nitro benzene ring substituents is 1. The number of nitrogens with zero attached hydrogens (tertiary/aromatic N) is 3. The van der Waals surface area contributed by atoms with Crippen molar-refractivity contribution in [1.29, 1.82) is 0 Å². The Bertz CT molecular complexity index is 864. The Morgan fingerprint density at radius 3 is 2.55 bits per heavy atom. The summed E-state index contributed by atoms with van der Waals surface area (Å²) >= 11 is 12.0. The van der Waals surface area contributed by atoms with Gasteiger partial charge in [-0.05, 0) is 24.3 Å². The Morgan fingerprint density at radius 1 is 1.05 bits per heavy atom. The molecule has 0 spiro atoms. The third-order valence-corrected chi connectivity index (χ3v) is 3.45. The molecule has 0 saturated heterocycles. The van der Waals surface area contributed by atoms with Gasteiger partial charge < -0.3 is 4.42 Å². The van der Waals surface area contributed by atoms with E-state index in [0.29, 0.717) is 16.1 Å². The summed E-state index contributed by atoms with van der Waals surface area (Å²) in [6.45, 7) is 0. The van der Waals surface area contributed by atoms with Crippen LogP contribution in [0.1, 0.15) is 0 Å². The standard InChI is InChI=1S/C14H7Cl2N3O3/c15-9-3-1-2-8(6-9)13-17-18-14(22-13)11-7-10(19(20)21)4-5-12(11)16/h1-7H. The molecule has 0 fully saturated rings. The van der Waals surface area contributed by atoms with E-state index in [0.717, 1.165) is 0 Å². The highest BCUT2D eigenvalue weighted by Crippen LogP contribution is 2.32. The minimum absolute atomic E-state index is 0.101. The summed E-state index contributed by atoms with van der Waals surface area (Å²) < 4.78 is 5.54. The summed E-state index contributed by atoms with van der Waals surface area (Å²) in [5.41, 5.74) is 0.839. The van der Waals surface area contributed by atoms with Gasteiger partial charge in [-0.25, -0.2) is 0 Å². The topological polar surface area (TPSA) is 82.1 Å². The second kappa shape index (κ2) is 5.75. The predicted octanol–water partition coefficient (Wildman–Crippen LogP) is 4.62. The maximum absolute atomic E-state index is 10.8. The van der Waals surface area contributed by atoms with Crippen molar-refractivity contribution in [2.45, 2.75) is 0 Å². The first-order valence-corrected chi connectivity index (χ1v) is 6.84. The van der Waals surface area contributed by atoms with Crippen LogP contribution in [-0.2, 0) is 0 Å². The molecule has 1 aromatic heterocycles. The first-order chi connectivity index (χ1) is 10.5. The number of aromatic nitrogens is 2. The Balaban J connectivity index is 2.04. The molecule has 0 amide bonds. The summed E-state index contributed by atoms with van der Waals surface area (Å²) in [6.07, 6.45) is 0. The molecule has 0 saturated carbocycles. The zero-order chi connectivity index (χ0) is 15.7. The van der Waals surface area contributed by atoms with Crippen molar-refractivity contribution >= 4 is 28.9 Å². The van der Waals surface area contributed by atoms with E-state index in [1.54, 1.807) is 24.3 Å². The zero-order valence-electron chi connectivity index (χ0n) is 10.9. The minimum Gasteiger partial charge on any atom is -0.416 e. The van der Waals surface area contributed by atoms with E-state index in [1.807, 2.05) is 0 Å². The molecule has 3 rings (SSSR count). The van der Waals surface area contributed by atoms with Crippen molar-refractivity contribution < 1.29 is 9.34 Å². The fourth-order valence-electron chi connectivity index (χ4n) is 1.86. The lowest BCUT2D eigenvalue weighted by atomic mass is 10.2. The molecule has 0 N–H and O–H groups in total. The van der Waals surface area contributed by atoms with Gasteiger partial charge in [-0.1, -0.05) is 29.3 Å². The number of rotatable bonds is 3. The average molecular weight is 336 g/mol. The number of hydrogen-bond acceptors (Lipinski definition) is 5. The van der Waals surface area contributed by atoms with Crippen molar-refractivity contribution in [2.75, 3.05) is 0 Å². The molecule has 0 atom stereocenters. The minimum atomic E-state index is -0.520. The van der Waals surface area contributed by atoms with Gasteiger partial charge in [-0.3, -0.25) is 10.1 Å². The molecule has 110 valence electrons. The van der Waals surface area contributed by atoms with Gasteiger partial charge in [-0.2, -0.15) is 0 Å². The monoisotopic (exact) mass is 335 g/mol. The summed E-state index contributed by atoms with van der Waals surface area (Å²) in [4.78, 5) is 10.3. The number of halogens is 2. The van der Waals surface area contributed by atoms with Crippen LogP contribution < -0.4 is 0 Å². The predicted molar refractivity (Wildman–Crippen MR) is 81.8 cm³/mol. The lowest BCUT2D eigenvalue weighted by Gasteiger charge is -1.99. The van der Waals surface area contributed by atoms with E-state index in [1.165, 1.54) is 18.2 Å². The number of hydrogen-bond donors (Lipinski definition) is 0. The highest BCUT2D eigenvalue weighted by atomic mass is 35.5. The van der Waals surface area contributed by atoms with Gasteiger partial charge in [0, 0.05) is 22.7 Å². The largest absolute Gasteiger partial charge is 0.416 e. The van der Waals surface area contributed by atoms with Crippen LogP contribution in [0.2, 0.25) is 10.0 Å². The Labute approximate surface area is 134 Å².